The second-order valence-corrected chi connectivity index (χ2v) is 7.07. The quantitative estimate of drug-likeness (QED) is 0.477. The van der Waals surface area contributed by atoms with Crippen molar-refractivity contribution in [2.24, 2.45) is 0 Å². The monoisotopic (exact) mass is 389 g/mol. The van der Waals surface area contributed by atoms with Gasteiger partial charge in [-0.1, -0.05) is 37.6 Å². The third kappa shape index (κ3) is 3.89. The lowest BCUT2D eigenvalue weighted by Crippen LogP contribution is -2.26. The Bertz CT molecular complexity index is 1120. The van der Waals surface area contributed by atoms with Crippen LogP contribution in [0.3, 0.4) is 0 Å². The lowest BCUT2D eigenvalue weighted by atomic mass is 10.1. The molecule has 7 nitrogen and oxygen atoms in total. The van der Waals surface area contributed by atoms with E-state index < -0.39 is 0 Å². The summed E-state index contributed by atoms with van der Waals surface area (Å²) < 4.78 is 7.62. The lowest BCUT2D eigenvalue weighted by molar-refractivity contribution is 0.0785. The van der Waals surface area contributed by atoms with E-state index in [0.717, 1.165) is 47.2 Å². The van der Waals surface area contributed by atoms with Gasteiger partial charge >= 0.3 is 0 Å². The zero-order valence-electron chi connectivity index (χ0n) is 16.6. The zero-order chi connectivity index (χ0) is 20.2. The fourth-order valence-corrected chi connectivity index (χ4v) is 3.45. The highest BCUT2D eigenvalue weighted by Crippen LogP contribution is 2.28. The maximum absolute atomic E-state index is 13.1. The summed E-state index contributed by atoms with van der Waals surface area (Å²) in [5.74, 6) is 0.904. The second-order valence-electron chi connectivity index (χ2n) is 7.07. The SMILES string of the molecule is CCCCc1oc2ccccc2c1CN(C)C(=O)c1cccc(-n2cnnn2)c1. The molecule has 4 rings (SSSR count). The first-order valence-electron chi connectivity index (χ1n) is 9.75. The first kappa shape index (κ1) is 18.9. The summed E-state index contributed by atoms with van der Waals surface area (Å²) in [5.41, 5.74) is 3.28. The van der Waals surface area contributed by atoms with Gasteiger partial charge in [0.15, 0.2) is 0 Å². The number of aryl methyl sites for hydroxylation is 1. The first-order valence-corrected chi connectivity index (χ1v) is 9.75. The molecular formula is C22H23N5O2. The Balaban J connectivity index is 1.60. The Hall–Kier alpha value is -3.48. The molecule has 0 saturated heterocycles. The summed E-state index contributed by atoms with van der Waals surface area (Å²) in [7, 11) is 1.82. The smallest absolute Gasteiger partial charge is 0.253 e. The number of carbonyl (C=O) groups excluding carboxylic acids is 1. The highest BCUT2D eigenvalue weighted by atomic mass is 16.3. The van der Waals surface area contributed by atoms with Gasteiger partial charge in [0, 0.05) is 36.5 Å². The molecule has 2 aromatic carbocycles. The molecule has 2 aromatic heterocycles. The zero-order valence-corrected chi connectivity index (χ0v) is 16.6. The van der Waals surface area contributed by atoms with Gasteiger partial charge in [-0.15, -0.1) is 5.10 Å². The van der Waals surface area contributed by atoms with Gasteiger partial charge in [-0.2, -0.15) is 0 Å². The van der Waals surface area contributed by atoms with Crippen molar-refractivity contribution in [3.05, 3.63) is 71.7 Å². The summed E-state index contributed by atoms with van der Waals surface area (Å²) >= 11 is 0. The summed E-state index contributed by atoms with van der Waals surface area (Å²) in [6.07, 6.45) is 4.52. The number of aromatic nitrogens is 4. The van der Waals surface area contributed by atoms with Crippen molar-refractivity contribution in [1.29, 1.82) is 0 Å². The molecule has 0 aliphatic rings. The average Bonchev–Trinajstić information content (AvgIpc) is 3.40. The fraction of sp³-hybridized carbons (Fsp3) is 0.273. The van der Waals surface area contributed by atoms with Crippen LogP contribution in [0, 0.1) is 0 Å². The molecule has 29 heavy (non-hydrogen) atoms. The van der Waals surface area contributed by atoms with Crippen LogP contribution in [0.25, 0.3) is 16.7 Å². The molecule has 0 N–H and O–H groups in total. The largest absolute Gasteiger partial charge is 0.461 e. The van der Waals surface area contributed by atoms with Gasteiger partial charge in [0.2, 0.25) is 0 Å². The molecule has 0 aliphatic heterocycles. The maximum atomic E-state index is 13.1. The van der Waals surface area contributed by atoms with Gasteiger partial charge in [0.1, 0.15) is 17.7 Å². The van der Waals surface area contributed by atoms with Crippen LogP contribution in [0.1, 0.15) is 41.4 Å². The predicted molar refractivity (Wildman–Crippen MR) is 110 cm³/mol. The molecule has 0 aliphatic carbocycles. The minimum Gasteiger partial charge on any atom is -0.461 e. The number of hydrogen-bond donors (Lipinski definition) is 0. The summed E-state index contributed by atoms with van der Waals surface area (Å²) in [4.78, 5) is 14.8. The number of furan rings is 1. The predicted octanol–water partition coefficient (Wildman–Crippen LogP) is 4.02. The van der Waals surface area contributed by atoms with Crippen LogP contribution in [-0.2, 0) is 13.0 Å². The molecule has 0 unspecified atom stereocenters. The van der Waals surface area contributed by atoms with Crippen LogP contribution in [0.4, 0.5) is 0 Å². The number of amides is 1. The van der Waals surface area contributed by atoms with Crippen molar-refractivity contribution in [2.75, 3.05) is 7.05 Å². The minimum absolute atomic E-state index is 0.0633. The molecule has 0 fully saturated rings. The summed E-state index contributed by atoms with van der Waals surface area (Å²) in [6.45, 7) is 2.65. The van der Waals surface area contributed by atoms with E-state index >= 15 is 0 Å². The van der Waals surface area contributed by atoms with Crippen LogP contribution in [0.2, 0.25) is 0 Å². The topological polar surface area (TPSA) is 77.0 Å². The van der Waals surface area contributed by atoms with Gasteiger partial charge in [-0.3, -0.25) is 4.79 Å². The molecule has 7 heteroatoms. The summed E-state index contributed by atoms with van der Waals surface area (Å²) in [5, 5.41) is 12.3. The first-order chi connectivity index (χ1) is 14.2. The Morgan fingerprint density at radius 2 is 2.03 bits per heavy atom. The third-order valence-electron chi connectivity index (χ3n) is 4.99. The second kappa shape index (κ2) is 8.26. The number of hydrogen-bond acceptors (Lipinski definition) is 5. The van der Waals surface area contributed by atoms with Gasteiger partial charge in [-0.25, -0.2) is 4.68 Å². The molecular weight excluding hydrogens is 366 g/mol. The van der Waals surface area contributed by atoms with E-state index in [1.54, 1.807) is 17.0 Å². The van der Waals surface area contributed by atoms with Gasteiger partial charge in [0.25, 0.3) is 5.91 Å². The Kier molecular flexibility index (Phi) is 5.37. The van der Waals surface area contributed by atoms with Crippen molar-refractivity contribution in [2.45, 2.75) is 32.7 Å². The molecule has 0 bridgehead atoms. The van der Waals surface area contributed by atoms with E-state index in [1.165, 1.54) is 11.0 Å². The van der Waals surface area contributed by atoms with E-state index in [4.69, 9.17) is 4.42 Å². The molecule has 2 heterocycles. The van der Waals surface area contributed by atoms with E-state index in [0.29, 0.717) is 12.1 Å². The lowest BCUT2D eigenvalue weighted by Gasteiger charge is -2.18. The molecule has 4 aromatic rings. The van der Waals surface area contributed by atoms with Crippen LogP contribution >= 0.6 is 0 Å². The Morgan fingerprint density at radius 1 is 1.17 bits per heavy atom. The number of para-hydroxylation sites is 1. The Labute approximate surface area is 168 Å². The van der Waals surface area contributed by atoms with Crippen molar-refractivity contribution in [1.82, 2.24) is 25.1 Å². The van der Waals surface area contributed by atoms with E-state index in [9.17, 15) is 4.79 Å². The normalized spacial score (nSPS) is 11.1. The molecule has 148 valence electrons. The van der Waals surface area contributed by atoms with Crippen molar-refractivity contribution >= 4 is 16.9 Å². The van der Waals surface area contributed by atoms with Crippen LogP contribution in [0.15, 0.2) is 59.3 Å². The van der Waals surface area contributed by atoms with Crippen LogP contribution in [-0.4, -0.2) is 38.1 Å². The maximum Gasteiger partial charge on any atom is 0.253 e. The van der Waals surface area contributed by atoms with E-state index in [1.807, 2.05) is 37.4 Å². The summed E-state index contributed by atoms with van der Waals surface area (Å²) in [6, 6.07) is 15.3. The molecule has 1 amide bonds. The number of rotatable bonds is 7. The van der Waals surface area contributed by atoms with Gasteiger partial charge in [-0.05, 0) is 41.1 Å². The third-order valence-corrected chi connectivity index (χ3v) is 4.99. The molecule has 0 atom stereocenters. The molecule has 0 spiro atoms. The molecule has 0 saturated carbocycles. The van der Waals surface area contributed by atoms with Crippen LogP contribution < -0.4 is 0 Å². The van der Waals surface area contributed by atoms with E-state index in [-0.39, 0.29) is 5.91 Å². The Morgan fingerprint density at radius 3 is 2.83 bits per heavy atom. The minimum atomic E-state index is -0.0633. The van der Waals surface area contributed by atoms with Crippen molar-refractivity contribution in [3.63, 3.8) is 0 Å². The number of carbonyl (C=O) groups is 1. The standard InChI is InChI=1S/C22H23N5O2/c1-3-4-11-21-19(18-10-5-6-12-20(18)29-21)14-26(2)22(28)16-8-7-9-17(13-16)27-15-23-24-25-27/h5-10,12-13,15H,3-4,11,14H2,1-2H3. The molecule has 0 radical (unpaired) electrons. The van der Waals surface area contributed by atoms with E-state index in [2.05, 4.69) is 28.5 Å². The number of fused-ring (bicyclic) bond motifs is 1. The average molecular weight is 389 g/mol. The van der Waals surface area contributed by atoms with Crippen LogP contribution in [0.5, 0.6) is 0 Å². The number of benzene rings is 2. The highest BCUT2D eigenvalue weighted by molar-refractivity contribution is 5.95. The van der Waals surface area contributed by atoms with Gasteiger partial charge < -0.3 is 9.32 Å². The van der Waals surface area contributed by atoms with Crippen molar-refractivity contribution in [3.8, 4) is 5.69 Å². The van der Waals surface area contributed by atoms with Crippen molar-refractivity contribution < 1.29 is 9.21 Å². The number of tetrazole rings is 1. The number of nitrogens with zero attached hydrogens (tertiary/aromatic N) is 5. The van der Waals surface area contributed by atoms with Gasteiger partial charge in [0.05, 0.1) is 5.69 Å². The number of unbranched alkanes of at least 4 members (excludes halogenated alkanes) is 1. The highest BCUT2D eigenvalue weighted by Gasteiger charge is 2.19. The fourth-order valence-electron chi connectivity index (χ4n) is 3.45.